The Balaban J connectivity index is 1.93. The van der Waals surface area contributed by atoms with E-state index < -0.39 is 12.0 Å². The van der Waals surface area contributed by atoms with Gasteiger partial charge in [0.05, 0.1) is 19.0 Å². The maximum atomic E-state index is 12.3. The summed E-state index contributed by atoms with van der Waals surface area (Å²) in [4.78, 5) is 35.1. The highest BCUT2D eigenvalue weighted by molar-refractivity contribution is 8.01. The number of esters is 1. The second-order valence-electron chi connectivity index (χ2n) is 4.85. The zero-order valence-corrected chi connectivity index (χ0v) is 16.3. The Kier molecular flexibility index (Phi) is 8.01. The van der Waals surface area contributed by atoms with Gasteiger partial charge in [-0.1, -0.05) is 29.2 Å². The molecule has 0 spiro atoms. The Labute approximate surface area is 163 Å². The van der Waals surface area contributed by atoms with Crippen molar-refractivity contribution in [3.8, 4) is 0 Å². The number of aromatic nitrogens is 2. The van der Waals surface area contributed by atoms with Crippen LogP contribution in [0, 0.1) is 0 Å². The SMILES string of the molecule is CCOC(=O)CSc1nnc(NC(=O)c2cccc(NC(=O)OCC)c2)s1. The van der Waals surface area contributed by atoms with Crippen molar-refractivity contribution in [1.82, 2.24) is 10.2 Å². The number of nitrogens with zero attached hydrogens (tertiary/aromatic N) is 2. The Morgan fingerprint density at radius 3 is 2.63 bits per heavy atom. The molecule has 0 aliphatic rings. The Morgan fingerprint density at radius 1 is 1.11 bits per heavy atom. The summed E-state index contributed by atoms with van der Waals surface area (Å²) < 4.78 is 10.2. The Hall–Kier alpha value is -2.66. The van der Waals surface area contributed by atoms with Gasteiger partial charge in [0.15, 0.2) is 4.34 Å². The molecular weight excluding hydrogens is 392 g/mol. The van der Waals surface area contributed by atoms with Gasteiger partial charge in [0.2, 0.25) is 5.13 Å². The van der Waals surface area contributed by atoms with Crippen LogP contribution in [0.3, 0.4) is 0 Å². The summed E-state index contributed by atoms with van der Waals surface area (Å²) in [5, 5.41) is 13.2. The molecule has 144 valence electrons. The number of ether oxygens (including phenoxy) is 2. The highest BCUT2D eigenvalue weighted by atomic mass is 32.2. The average Bonchev–Trinajstić information content (AvgIpc) is 3.08. The number of amides is 2. The largest absolute Gasteiger partial charge is 0.465 e. The first-order valence-electron chi connectivity index (χ1n) is 7.99. The fourth-order valence-corrected chi connectivity index (χ4v) is 3.38. The van der Waals surface area contributed by atoms with E-state index >= 15 is 0 Å². The van der Waals surface area contributed by atoms with Crippen LogP contribution < -0.4 is 10.6 Å². The average molecular weight is 410 g/mol. The second-order valence-corrected chi connectivity index (χ2v) is 7.05. The third-order valence-corrected chi connectivity index (χ3v) is 4.84. The van der Waals surface area contributed by atoms with Crippen LogP contribution in [0.15, 0.2) is 28.6 Å². The third kappa shape index (κ3) is 6.87. The van der Waals surface area contributed by atoms with Gasteiger partial charge in [0, 0.05) is 11.3 Å². The predicted molar refractivity (Wildman–Crippen MR) is 102 cm³/mol. The molecule has 0 saturated carbocycles. The molecule has 0 atom stereocenters. The lowest BCUT2D eigenvalue weighted by atomic mass is 10.2. The van der Waals surface area contributed by atoms with Crippen LogP contribution in [0.4, 0.5) is 15.6 Å². The van der Waals surface area contributed by atoms with Crippen LogP contribution in [0.2, 0.25) is 0 Å². The minimum atomic E-state index is -0.595. The molecule has 0 unspecified atom stereocenters. The molecule has 1 aromatic carbocycles. The normalized spacial score (nSPS) is 10.1. The molecule has 9 nitrogen and oxygen atoms in total. The summed E-state index contributed by atoms with van der Waals surface area (Å²) in [7, 11) is 0. The first-order chi connectivity index (χ1) is 13.0. The monoisotopic (exact) mass is 410 g/mol. The van der Waals surface area contributed by atoms with Gasteiger partial charge in [-0.25, -0.2) is 4.79 Å². The van der Waals surface area contributed by atoms with Crippen LogP contribution in [-0.2, 0) is 14.3 Å². The fraction of sp³-hybridized carbons (Fsp3) is 0.312. The molecule has 0 radical (unpaired) electrons. The van der Waals surface area contributed by atoms with E-state index in [0.717, 1.165) is 11.3 Å². The molecule has 2 amide bonds. The van der Waals surface area contributed by atoms with Gasteiger partial charge >= 0.3 is 12.1 Å². The summed E-state index contributed by atoms with van der Waals surface area (Å²) >= 11 is 2.33. The summed E-state index contributed by atoms with van der Waals surface area (Å²) in [5.41, 5.74) is 0.768. The van der Waals surface area contributed by atoms with E-state index in [9.17, 15) is 14.4 Å². The zero-order chi connectivity index (χ0) is 19.6. The summed E-state index contributed by atoms with van der Waals surface area (Å²) in [6, 6.07) is 6.40. The molecule has 0 bridgehead atoms. The van der Waals surface area contributed by atoms with Crippen molar-refractivity contribution in [1.29, 1.82) is 0 Å². The van der Waals surface area contributed by atoms with Crippen molar-refractivity contribution in [2.45, 2.75) is 18.2 Å². The quantitative estimate of drug-likeness (QED) is 0.387. The van der Waals surface area contributed by atoms with E-state index in [1.807, 2.05) is 0 Å². The Bertz CT molecular complexity index is 812. The van der Waals surface area contributed by atoms with Crippen molar-refractivity contribution < 1.29 is 23.9 Å². The molecule has 0 aliphatic heterocycles. The van der Waals surface area contributed by atoms with Crippen molar-refractivity contribution >= 4 is 51.9 Å². The topological polar surface area (TPSA) is 120 Å². The summed E-state index contributed by atoms with van der Waals surface area (Å²) in [6.45, 7) is 4.00. The maximum absolute atomic E-state index is 12.3. The first-order valence-corrected chi connectivity index (χ1v) is 9.79. The van der Waals surface area contributed by atoms with Gasteiger partial charge in [-0.05, 0) is 32.0 Å². The molecule has 27 heavy (non-hydrogen) atoms. The highest BCUT2D eigenvalue weighted by Gasteiger charge is 2.13. The van der Waals surface area contributed by atoms with Gasteiger partial charge in [-0.3, -0.25) is 20.2 Å². The highest BCUT2D eigenvalue weighted by Crippen LogP contribution is 2.26. The molecule has 0 aliphatic carbocycles. The maximum Gasteiger partial charge on any atom is 0.411 e. The van der Waals surface area contributed by atoms with E-state index in [1.54, 1.807) is 32.0 Å². The van der Waals surface area contributed by atoms with Gasteiger partial charge in [0.1, 0.15) is 0 Å². The summed E-state index contributed by atoms with van der Waals surface area (Å²) in [6.07, 6.45) is -0.595. The van der Waals surface area contributed by atoms with Gasteiger partial charge in [0.25, 0.3) is 5.91 Å². The number of hydrogen-bond donors (Lipinski definition) is 2. The molecule has 2 aromatic rings. The molecular formula is C16H18N4O5S2. The smallest absolute Gasteiger partial charge is 0.411 e. The molecule has 2 N–H and O–H groups in total. The number of carbonyl (C=O) groups excluding carboxylic acids is 3. The van der Waals surface area contributed by atoms with E-state index in [2.05, 4.69) is 20.8 Å². The lowest BCUT2D eigenvalue weighted by molar-refractivity contribution is -0.139. The van der Waals surface area contributed by atoms with Crippen molar-refractivity contribution in [3.05, 3.63) is 29.8 Å². The lowest BCUT2D eigenvalue weighted by Gasteiger charge is -2.07. The molecule has 1 heterocycles. The summed E-state index contributed by atoms with van der Waals surface area (Å²) in [5.74, 6) is -0.618. The number of hydrogen-bond acceptors (Lipinski definition) is 9. The van der Waals surface area contributed by atoms with Gasteiger partial charge in [-0.2, -0.15) is 0 Å². The standard InChI is InChI=1S/C16H18N4O5S2/c1-3-24-12(21)9-26-16-20-19-14(27-16)18-13(22)10-6-5-7-11(8-10)17-15(23)25-4-2/h5-8H,3-4,9H2,1-2H3,(H,17,23)(H,18,19,22). The van der Waals surface area contributed by atoms with Crippen LogP contribution >= 0.6 is 23.1 Å². The molecule has 11 heteroatoms. The number of benzene rings is 1. The van der Waals surface area contributed by atoms with Crippen LogP contribution in [0.25, 0.3) is 0 Å². The van der Waals surface area contributed by atoms with Gasteiger partial charge < -0.3 is 9.47 Å². The predicted octanol–water partition coefficient (Wildman–Crippen LogP) is 3.01. The third-order valence-electron chi connectivity index (χ3n) is 2.89. The second kappa shape index (κ2) is 10.5. The number of carbonyl (C=O) groups is 3. The van der Waals surface area contributed by atoms with Crippen LogP contribution in [0.5, 0.6) is 0 Å². The number of nitrogens with one attached hydrogen (secondary N) is 2. The fourth-order valence-electron chi connectivity index (χ4n) is 1.83. The molecule has 2 rings (SSSR count). The minimum absolute atomic E-state index is 0.123. The van der Waals surface area contributed by atoms with Crippen molar-refractivity contribution in [2.75, 3.05) is 29.6 Å². The lowest BCUT2D eigenvalue weighted by Crippen LogP contribution is -2.15. The molecule has 0 fully saturated rings. The molecule has 0 saturated heterocycles. The molecule has 1 aromatic heterocycles. The van der Waals surface area contributed by atoms with E-state index in [1.165, 1.54) is 17.8 Å². The Morgan fingerprint density at radius 2 is 1.89 bits per heavy atom. The van der Waals surface area contributed by atoms with Crippen LogP contribution in [-0.4, -0.2) is 47.1 Å². The number of anilines is 2. The number of thioether (sulfide) groups is 1. The number of rotatable bonds is 8. The first kappa shape index (κ1) is 20.6. The van der Waals surface area contributed by atoms with Crippen molar-refractivity contribution in [3.63, 3.8) is 0 Å². The van der Waals surface area contributed by atoms with Crippen molar-refractivity contribution in [2.24, 2.45) is 0 Å². The van der Waals surface area contributed by atoms with E-state index in [0.29, 0.717) is 27.3 Å². The van der Waals surface area contributed by atoms with E-state index in [4.69, 9.17) is 9.47 Å². The minimum Gasteiger partial charge on any atom is -0.465 e. The van der Waals surface area contributed by atoms with Crippen LogP contribution in [0.1, 0.15) is 24.2 Å². The van der Waals surface area contributed by atoms with E-state index in [-0.39, 0.29) is 18.3 Å². The van der Waals surface area contributed by atoms with Gasteiger partial charge in [-0.15, -0.1) is 10.2 Å². The zero-order valence-electron chi connectivity index (χ0n) is 14.7.